The first kappa shape index (κ1) is 8.94. The average Bonchev–Trinajstić information content (AvgIpc) is 1.99. The lowest BCUT2D eigenvalue weighted by molar-refractivity contribution is 0.122. The lowest BCUT2D eigenvalue weighted by Gasteiger charge is -2.40. The lowest BCUT2D eigenvalue weighted by atomic mass is 10.0. The molecule has 0 aromatic heterocycles. The molecule has 3 atom stereocenters. The molecule has 66 valence electrons. The first-order chi connectivity index (χ1) is 5.15. The molecule has 1 saturated heterocycles. The van der Waals surface area contributed by atoms with E-state index in [1.54, 1.807) is 0 Å². The van der Waals surface area contributed by atoms with Gasteiger partial charge in [-0.05, 0) is 20.9 Å². The minimum absolute atomic E-state index is 0.0335. The molecule has 1 fully saturated rings. The van der Waals surface area contributed by atoms with E-state index in [0.717, 1.165) is 6.54 Å². The van der Waals surface area contributed by atoms with E-state index < -0.39 is 0 Å². The highest BCUT2D eigenvalue weighted by Gasteiger charge is 2.27. The van der Waals surface area contributed by atoms with Gasteiger partial charge in [0.15, 0.2) is 0 Å². The molecule has 1 heterocycles. The molecule has 0 radical (unpaired) electrons. The number of alkyl halides is 1. The molecule has 2 nitrogen and oxygen atoms in total. The van der Waals surface area contributed by atoms with Gasteiger partial charge in [0.2, 0.25) is 0 Å². The van der Waals surface area contributed by atoms with Gasteiger partial charge in [0, 0.05) is 24.7 Å². The van der Waals surface area contributed by atoms with Gasteiger partial charge in [-0.2, -0.15) is 0 Å². The van der Waals surface area contributed by atoms with Gasteiger partial charge in [-0.15, -0.1) is 0 Å². The second-order valence-corrected chi connectivity index (χ2v) is 3.49. The summed E-state index contributed by atoms with van der Waals surface area (Å²) in [7, 11) is 2.05. The number of piperazine rings is 1. The highest BCUT2D eigenvalue weighted by molar-refractivity contribution is 4.87. The Morgan fingerprint density at radius 1 is 1.55 bits per heavy atom. The second kappa shape index (κ2) is 3.50. The van der Waals surface area contributed by atoms with E-state index in [1.807, 2.05) is 7.05 Å². The van der Waals surface area contributed by atoms with Crippen LogP contribution >= 0.6 is 0 Å². The Kier molecular flexibility index (Phi) is 2.84. The molecule has 1 rings (SSSR count). The van der Waals surface area contributed by atoms with E-state index >= 15 is 0 Å². The number of likely N-dealkylation sites (N-methyl/N-ethyl adjacent to an activating group) is 1. The van der Waals surface area contributed by atoms with Gasteiger partial charge >= 0.3 is 0 Å². The Labute approximate surface area is 67.8 Å². The molecule has 1 N–H and O–H groups in total. The maximum atomic E-state index is 12.3. The van der Waals surface area contributed by atoms with Gasteiger partial charge in [-0.25, -0.2) is 4.39 Å². The monoisotopic (exact) mass is 160 g/mol. The molecule has 1 aliphatic rings. The fraction of sp³-hybridized carbons (Fsp3) is 1.00. The number of hydrogen-bond donors (Lipinski definition) is 1. The molecule has 0 saturated carbocycles. The van der Waals surface area contributed by atoms with Crippen molar-refractivity contribution in [2.45, 2.75) is 32.0 Å². The van der Waals surface area contributed by atoms with Crippen LogP contribution in [0.15, 0.2) is 0 Å². The van der Waals surface area contributed by atoms with Crippen LogP contribution in [0.2, 0.25) is 0 Å². The normalized spacial score (nSPS) is 40.9. The lowest BCUT2D eigenvalue weighted by Crippen LogP contribution is -2.59. The van der Waals surface area contributed by atoms with Gasteiger partial charge in [0.25, 0.3) is 0 Å². The van der Waals surface area contributed by atoms with Crippen LogP contribution in [0.4, 0.5) is 4.39 Å². The molecule has 0 aromatic carbocycles. The Balaban J connectivity index is 2.47. The molecule has 3 heteroatoms. The predicted molar refractivity (Wildman–Crippen MR) is 44.5 cm³/mol. The van der Waals surface area contributed by atoms with Crippen LogP contribution < -0.4 is 5.32 Å². The number of rotatable bonds is 1. The van der Waals surface area contributed by atoms with Crippen LogP contribution in [0.3, 0.4) is 0 Å². The molecular formula is C8H17FN2. The van der Waals surface area contributed by atoms with Crippen molar-refractivity contribution in [1.82, 2.24) is 10.2 Å². The third-order valence-corrected chi connectivity index (χ3v) is 2.61. The molecule has 0 aromatic rings. The van der Waals surface area contributed by atoms with Crippen LogP contribution in [0.1, 0.15) is 13.8 Å². The van der Waals surface area contributed by atoms with Gasteiger partial charge in [0.1, 0.15) is 6.67 Å². The van der Waals surface area contributed by atoms with Crippen molar-refractivity contribution in [2.75, 3.05) is 20.3 Å². The first-order valence-corrected chi connectivity index (χ1v) is 4.17. The fourth-order valence-electron chi connectivity index (χ4n) is 1.55. The van der Waals surface area contributed by atoms with Gasteiger partial charge in [-0.1, -0.05) is 0 Å². The number of nitrogens with one attached hydrogen (secondary N) is 1. The summed E-state index contributed by atoms with van der Waals surface area (Å²) in [6.07, 6.45) is 0. The fourth-order valence-corrected chi connectivity index (χ4v) is 1.55. The van der Waals surface area contributed by atoms with Crippen LogP contribution in [-0.2, 0) is 0 Å². The number of halogens is 1. The van der Waals surface area contributed by atoms with Crippen molar-refractivity contribution in [3.63, 3.8) is 0 Å². The minimum Gasteiger partial charge on any atom is -0.306 e. The standard InChI is InChI=1S/C8H17FN2/c1-6-7(2)11(3)5-8(4-9)10-6/h6-8,10H,4-5H2,1-3H3/t6-,7-,8+/m1/s1. The summed E-state index contributed by atoms with van der Waals surface area (Å²) >= 11 is 0. The van der Waals surface area contributed by atoms with Crippen LogP contribution in [0.25, 0.3) is 0 Å². The van der Waals surface area contributed by atoms with Gasteiger partial charge < -0.3 is 10.2 Å². The Morgan fingerprint density at radius 2 is 2.18 bits per heavy atom. The zero-order valence-electron chi connectivity index (χ0n) is 7.47. The minimum atomic E-state index is -0.262. The molecule has 11 heavy (non-hydrogen) atoms. The zero-order chi connectivity index (χ0) is 8.43. The quantitative estimate of drug-likeness (QED) is 0.605. The number of hydrogen-bond acceptors (Lipinski definition) is 2. The highest BCUT2D eigenvalue weighted by atomic mass is 19.1. The smallest absolute Gasteiger partial charge is 0.106 e. The van der Waals surface area contributed by atoms with Crippen molar-refractivity contribution >= 4 is 0 Å². The third kappa shape index (κ3) is 1.91. The van der Waals surface area contributed by atoms with Crippen LogP contribution in [0.5, 0.6) is 0 Å². The third-order valence-electron chi connectivity index (χ3n) is 2.61. The number of nitrogens with zero attached hydrogens (tertiary/aromatic N) is 1. The average molecular weight is 160 g/mol. The van der Waals surface area contributed by atoms with Crippen molar-refractivity contribution in [1.29, 1.82) is 0 Å². The van der Waals surface area contributed by atoms with Gasteiger partial charge in [0.05, 0.1) is 0 Å². The molecule has 0 aliphatic carbocycles. The summed E-state index contributed by atoms with van der Waals surface area (Å²) in [5, 5.41) is 3.23. The highest BCUT2D eigenvalue weighted by Crippen LogP contribution is 2.09. The summed E-state index contributed by atoms with van der Waals surface area (Å²) in [6.45, 7) is 4.82. The van der Waals surface area contributed by atoms with Crippen molar-refractivity contribution in [3.8, 4) is 0 Å². The van der Waals surface area contributed by atoms with E-state index in [2.05, 4.69) is 24.1 Å². The van der Waals surface area contributed by atoms with Gasteiger partial charge in [-0.3, -0.25) is 0 Å². The maximum Gasteiger partial charge on any atom is 0.106 e. The van der Waals surface area contributed by atoms with E-state index in [1.165, 1.54) is 0 Å². The van der Waals surface area contributed by atoms with Crippen molar-refractivity contribution in [2.24, 2.45) is 0 Å². The van der Waals surface area contributed by atoms with E-state index in [9.17, 15) is 4.39 Å². The Hall–Kier alpha value is -0.150. The summed E-state index contributed by atoms with van der Waals surface area (Å²) in [5.41, 5.74) is 0. The van der Waals surface area contributed by atoms with Crippen LogP contribution in [0, 0.1) is 0 Å². The molecule has 0 unspecified atom stereocenters. The van der Waals surface area contributed by atoms with E-state index in [0.29, 0.717) is 12.1 Å². The van der Waals surface area contributed by atoms with Crippen LogP contribution in [-0.4, -0.2) is 43.3 Å². The predicted octanol–water partition coefficient (Wildman–Crippen LogP) is 0.637. The molecular weight excluding hydrogens is 143 g/mol. The summed E-state index contributed by atoms with van der Waals surface area (Å²) in [4.78, 5) is 2.20. The zero-order valence-corrected chi connectivity index (χ0v) is 7.47. The van der Waals surface area contributed by atoms with Crippen molar-refractivity contribution in [3.05, 3.63) is 0 Å². The molecule has 1 aliphatic heterocycles. The van der Waals surface area contributed by atoms with E-state index in [-0.39, 0.29) is 12.7 Å². The largest absolute Gasteiger partial charge is 0.306 e. The SMILES string of the molecule is C[C@@H]1[C@@H](C)N[C@@H](CF)CN1C. The second-order valence-electron chi connectivity index (χ2n) is 3.49. The maximum absolute atomic E-state index is 12.3. The summed E-state index contributed by atoms with van der Waals surface area (Å²) in [5.74, 6) is 0. The first-order valence-electron chi connectivity index (χ1n) is 4.17. The topological polar surface area (TPSA) is 15.3 Å². The summed E-state index contributed by atoms with van der Waals surface area (Å²) < 4.78 is 12.3. The summed E-state index contributed by atoms with van der Waals surface area (Å²) in [6, 6.07) is 0.943. The van der Waals surface area contributed by atoms with E-state index in [4.69, 9.17) is 0 Å². The molecule has 0 bridgehead atoms. The van der Waals surface area contributed by atoms with Crippen molar-refractivity contribution < 1.29 is 4.39 Å². The molecule has 0 amide bonds. The molecule has 0 spiro atoms. The Bertz CT molecular complexity index is 117. The Morgan fingerprint density at radius 3 is 2.64 bits per heavy atom.